The normalized spacial score (nSPS) is 26.0. The zero-order valence-electron chi connectivity index (χ0n) is 9.48. The summed E-state index contributed by atoms with van der Waals surface area (Å²) in [6.07, 6.45) is 4.86. The summed E-state index contributed by atoms with van der Waals surface area (Å²) in [6, 6.07) is 0.652. The van der Waals surface area contributed by atoms with Gasteiger partial charge in [-0.3, -0.25) is 0 Å². The molecular weight excluding hydrogens is 190 g/mol. The monoisotopic (exact) mass is 209 g/mol. The molecule has 1 heterocycles. The van der Waals surface area contributed by atoms with Crippen molar-refractivity contribution in [3.05, 3.63) is 5.82 Å². The Kier molecular flexibility index (Phi) is 3.30. The minimum atomic E-state index is 0.652. The molecule has 5 heteroatoms. The van der Waals surface area contributed by atoms with Crippen LogP contribution in [-0.2, 0) is 13.5 Å². The largest absolute Gasteiger partial charge is 0.314 e. The molecular formula is C10H19N5. The Balaban J connectivity index is 1.93. The summed E-state index contributed by atoms with van der Waals surface area (Å²) in [6.45, 7) is 3.21. The number of nitrogens with zero attached hydrogens (tertiary/aromatic N) is 4. The highest BCUT2D eigenvalue weighted by molar-refractivity contribution is 4.90. The second-order valence-corrected chi connectivity index (χ2v) is 4.25. The molecule has 1 saturated carbocycles. The van der Waals surface area contributed by atoms with Crippen molar-refractivity contribution in [1.29, 1.82) is 0 Å². The van der Waals surface area contributed by atoms with Crippen molar-refractivity contribution in [3.8, 4) is 0 Å². The smallest absolute Gasteiger partial charge is 0.175 e. The Bertz CT molecular complexity index is 309. The molecule has 2 unspecified atom stereocenters. The summed E-state index contributed by atoms with van der Waals surface area (Å²) in [7, 11) is 1.81. The molecule has 0 radical (unpaired) electrons. The number of tetrazole rings is 1. The Morgan fingerprint density at radius 3 is 3.00 bits per heavy atom. The summed E-state index contributed by atoms with van der Waals surface area (Å²) >= 11 is 0. The van der Waals surface area contributed by atoms with Crippen LogP contribution in [0.5, 0.6) is 0 Å². The molecule has 2 rings (SSSR count). The molecule has 1 aliphatic carbocycles. The molecule has 1 aromatic heterocycles. The highest BCUT2D eigenvalue weighted by Crippen LogP contribution is 2.27. The first-order valence-electron chi connectivity index (χ1n) is 5.76. The minimum Gasteiger partial charge on any atom is -0.314 e. The Morgan fingerprint density at radius 1 is 1.47 bits per heavy atom. The molecule has 1 N–H and O–H groups in total. The van der Waals surface area contributed by atoms with Crippen LogP contribution in [0, 0.1) is 5.92 Å². The van der Waals surface area contributed by atoms with Gasteiger partial charge in [-0.1, -0.05) is 13.3 Å². The zero-order valence-corrected chi connectivity index (χ0v) is 9.48. The molecule has 1 fully saturated rings. The molecule has 0 bridgehead atoms. The van der Waals surface area contributed by atoms with Gasteiger partial charge in [0.2, 0.25) is 0 Å². The fraction of sp³-hybridized carbons (Fsp3) is 0.900. The van der Waals surface area contributed by atoms with E-state index in [4.69, 9.17) is 0 Å². The van der Waals surface area contributed by atoms with Gasteiger partial charge in [-0.05, 0) is 30.5 Å². The summed E-state index contributed by atoms with van der Waals surface area (Å²) in [5.74, 6) is 1.57. The number of hydrogen-bond acceptors (Lipinski definition) is 4. The summed E-state index contributed by atoms with van der Waals surface area (Å²) in [5.41, 5.74) is 0. The molecule has 0 spiro atoms. The average molecular weight is 209 g/mol. The van der Waals surface area contributed by atoms with E-state index >= 15 is 0 Å². The molecule has 84 valence electrons. The van der Waals surface area contributed by atoms with E-state index in [1.165, 1.54) is 24.1 Å². The molecule has 0 aromatic carbocycles. The van der Waals surface area contributed by atoms with Crippen molar-refractivity contribution in [2.45, 2.75) is 38.6 Å². The third-order valence-electron chi connectivity index (χ3n) is 3.12. The van der Waals surface area contributed by atoms with Gasteiger partial charge >= 0.3 is 0 Å². The van der Waals surface area contributed by atoms with Gasteiger partial charge < -0.3 is 5.32 Å². The van der Waals surface area contributed by atoms with E-state index in [1.54, 1.807) is 0 Å². The van der Waals surface area contributed by atoms with Crippen molar-refractivity contribution >= 4 is 0 Å². The third-order valence-corrected chi connectivity index (χ3v) is 3.12. The molecule has 2 atom stereocenters. The molecule has 1 aliphatic rings. The van der Waals surface area contributed by atoms with E-state index in [0.717, 1.165) is 18.8 Å². The van der Waals surface area contributed by atoms with Gasteiger partial charge in [0.05, 0.1) is 7.05 Å². The van der Waals surface area contributed by atoms with Crippen molar-refractivity contribution in [1.82, 2.24) is 25.5 Å². The molecule has 5 nitrogen and oxygen atoms in total. The molecule has 0 amide bonds. The lowest BCUT2D eigenvalue weighted by Gasteiger charge is -2.18. The van der Waals surface area contributed by atoms with Gasteiger partial charge in [-0.2, -0.15) is 4.80 Å². The van der Waals surface area contributed by atoms with Crippen LogP contribution in [0.25, 0.3) is 0 Å². The van der Waals surface area contributed by atoms with Crippen LogP contribution in [0.2, 0.25) is 0 Å². The Morgan fingerprint density at radius 2 is 2.33 bits per heavy atom. The first kappa shape index (κ1) is 10.5. The standard InChI is InChI=1S/C10H19N5/c1-3-11-9-6-4-5-8(9)7-10-12-14-15(2)13-10/h8-9,11H,3-7H2,1-2H3. The second kappa shape index (κ2) is 4.70. The highest BCUT2D eigenvalue weighted by Gasteiger charge is 2.27. The second-order valence-electron chi connectivity index (χ2n) is 4.25. The average Bonchev–Trinajstić information content (AvgIpc) is 2.78. The predicted molar refractivity (Wildman–Crippen MR) is 57.3 cm³/mol. The van der Waals surface area contributed by atoms with Gasteiger partial charge in [-0.15, -0.1) is 10.2 Å². The number of aryl methyl sites for hydroxylation is 1. The van der Waals surface area contributed by atoms with E-state index < -0.39 is 0 Å². The number of hydrogen-bond donors (Lipinski definition) is 1. The van der Waals surface area contributed by atoms with Crippen LogP contribution in [0.3, 0.4) is 0 Å². The van der Waals surface area contributed by atoms with Crippen LogP contribution in [-0.4, -0.2) is 32.8 Å². The minimum absolute atomic E-state index is 0.652. The Labute approximate surface area is 90.2 Å². The van der Waals surface area contributed by atoms with E-state index in [-0.39, 0.29) is 0 Å². The summed E-state index contributed by atoms with van der Waals surface area (Å²) in [4.78, 5) is 1.53. The van der Waals surface area contributed by atoms with Gasteiger partial charge in [-0.25, -0.2) is 0 Å². The molecule has 1 aromatic rings. The van der Waals surface area contributed by atoms with Crippen molar-refractivity contribution in [2.24, 2.45) is 13.0 Å². The van der Waals surface area contributed by atoms with Crippen LogP contribution in [0.1, 0.15) is 32.0 Å². The number of aromatic nitrogens is 4. The fourth-order valence-corrected chi connectivity index (χ4v) is 2.45. The van der Waals surface area contributed by atoms with Crippen molar-refractivity contribution in [3.63, 3.8) is 0 Å². The van der Waals surface area contributed by atoms with Gasteiger partial charge in [0.25, 0.3) is 0 Å². The van der Waals surface area contributed by atoms with Gasteiger partial charge in [0, 0.05) is 12.5 Å². The lowest BCUT2D eigenvalue weighted by molar-refractivity contribution is 0.399. The van der Waals surface area contributed by atoms with Crippen LogP contribution in [0.4, 0.5) is 0 Å². The lowest BCUT2D eigenvalue weighted by atomic mass is 9.99. The number of nitrogens with one attached hydrogen (secondary N) is 1. The van der Waals surface area contributed by atoms with Crippen LogP contribution in [0.15, 0.2) is 0 Å². The van der Waals surface area contributed by atoms with E-state index in [0.29, 0.717) is 12.0 Å². The third kappa shape index (κ3) is 2.53. The maximum atomic E-state index is 4.24. The topological polar surface area (TPSA) is 55.6 Å². The van der Waals surface area contributed by atoms with E-state index in [9.17, 15) is 0 Å². The quantitative estimate of drug-likeness (QED) is 0.786. The summed E-state index contributed by atoms with van der Waals surface area (Å²) < 4.78 is 0. The molecule has 0 aliphatic heterocycles. The first-order chi connectivity index (χ1) is 7.29. The van der Waals surface area contributed by atoms with E-state index in [1.807, 2.05) is 7.05 Å². The molecule has 15 heavy (non-hydrogen) atoms. The maximum absolute atomic E-state index is 4.24. The van der Waals surface area contributed by atoms with Crippen LogP contribution >= 0.6 is 0 Å². The predicted octanol–water partition coefficient (Wildman–Crippen LogP) is 0.531. The zero-order chi connectivity index (χ0) is 10.7. The summed E-state index contributed by atoms with van der Waals surface area (Å²) in [5, 5.41) is 15.7. The van der Waals surface area contributed by atoms with Gasteiger partial charge in [0.15, 0.2) is 5.82 Å². The van der Waals surface area contributed by atoms with Crippen molar-refractivity contribution < 1.29 is 0 Å². The van der Waals surface area contributed by atoms with Crippen molar-refractivity contribution in [2.75, 3.05) is 6.54 Å². The van der Waals surface area contributed by atoms with E-state index in [2.05, 4.69) is 27.7 Å². The first-order valence-corrected chi connectivity index (χ1v) is 5.76. The van der Waals surface area contributed by atoms with Crippen LogP contribution < -0.4 is 5.32 Å². The number of rotatable bonds is 4. The Hall–Kier alpha value is -0.970. The molecule has 0 saturated heterocycles. The fourth-order valence-electron chi connectivity index (χ4n) is 2.45. The lowest BCUT2D eigenvalue weighted by Crippen LogP contribution is -2.33. The van der Waals surface area contributed by atoms with Gasteiger partial charge in [0.1, 0.15) is 0 Å². The highest BCUT2D eigenvalue weighted by atomic mass is 15.6. The SMILES string of the molecule is CCNC1CCCC1Cc1nnn(C)n1. The maximum Gasteiger partial charge on any atom is 0.175 e.